The first kappa shape index (κ1) is 15.8. The maximum atomic E-state index is 9.35. The fourth-order valence-electron chi connectivity index (χ4n) is 1.54. The van der Waals surface area contributed by atoms with Crippen molar-refractivity contribution in [2.45, 2.75) is 26.1 Å². The summed E-state index contributed by atoms with van der Waals surface area (Å²) in [4.78, 5) is 0. The van der Waals surface area contributed by atoms with Crippen LogP contribution in [0.4, 0.5) is 0 Å². The summed E-state index contributed by atoms with van der Waals surface area (Å²) < 4.78 is 0. The lowest BCUT2D eigenvalue weighted by molar-refractivity contribution is -0.0829. The first-order valence-corrected chi connectivity index (χ1v) is 5.58. The van der Waals surface area contributed by atoms with E-state index >= 15 is 0 Å². The van der Waals surface area contributed by atoms with Crippen molar-refractivity contribution in [3.63, 3.8) is 0 Å². The molecule has 98 valence electrons. The lowest BCUT2D eigenvalue weighted by Gasteiger charge is -2.35. The highest BCUT2D eigenvalue weighted by molar-refractivity contribution is 4.64. The predicted octanol–water partition coefficient (Wildman–Crippen LogP) is -1.75. The third-order valence-corrected chi connectivity index (χ3v) is 2.07. The smallest absolute Gasteiger partial charge is 0.0653 e. The van der Waals surface area contributed by atoms with Gasteiger partial charge in [0.1, 0.15) is 0 Å². The van der Waals surface area contributed by atoms with E-state index in [0.717, 1.165) is 0 Å². The number of hydrogen-bond donors (Lipinski definition) is 4. The molecule has 0 saturated carbocycles. The third kappa shape index (κ3) is 7.10. The predicted molar refractivity (Wildman–Crippen MR) is 60.7 cm³/mol. The number of nitrogens with zero attached hydrogens (tertiary/aromatic N) is 2. The van der Waals surface area contributed by atoms with Crippen molar-refractivity contribution in [1.29, 1.82) is 0 Å². The zero-order valence-corrected chi connectivity index (χ0v) is 10.1. The Kier molecular flexibility index (Phi) is 8.73. The minimum absolute atomic E-state index is 0.0316. The Morgan fingerprint density at radius 2 is 1.19 bits per heavy atom. The summed E-state index contributed by atoms with van der Waals surface area (Å²) in [5, 5.41) is 40.0. The van der Waals surface area contributed by atoms with E-state index in [1.54, 1.807) is 23.9 Å². The van der Waals surface area contributed by atoms with Crippen LogP contribution in [0.15, 0.2) is 0 Å². The summed E-state index contributed by atoms with van der Waals surface area (Å²) in [6, 6.07) is 0. The zero-order chi connectivity index (χ0) is 12.6. The zero-order valence-electron chi connectivity index (χ0n) is 10.1. The summed E-state index contributed by atoms with van der Waals surface area (Å²) in [6.45, 7) is 4.73. The van der Waals surface area contributed by atoms with Crippen LogP contribution in [0.25, 0.3) is 0 Å². The van der Waals surface area contributed by atoms with Gasteiger partial charge in [-0.2, -0.15) is 0 Å². The Labute approximate surface area is 96.7 Å². The molecular formula is C10H24N2O4. The molecule has 0 amide bonds. The van der Waals surface area contributed by atoms with E-state index in [1.165, 1.54) is 0 Å². The van der Waals surface area contributed by atoms with Crippen LogP contribution in [-0.2, 0) is 0 Å². The molecule has 0 aromatic heterocycles. The third-order valence-electron chi connectivity index (χ3n) is 2.07. The number of hydrogen-bond acceptors (Lipinski definition) is 6. The minimum atomic E-state index is -0.529. The molecule has 0 heterocycles. The SMILES string of the molecule is CC(O)CN(CC(C)O)N(CCO)CCO. The molecule has 0 aliphatic carbocycles. The molecule has 0 spiro atoms. The summed E-state index contributed by atoms with van der Waals surface area (Å²) in [7, 11) is 0. The second kappa shape index (κ2) is 8.86. The van der Waals surface area contributed by atoms with Crippen molar-refractivity contribution in [3.8, 4) is 0 Å². The second-order valence-corrected chi connectivity index (χ2v) is 3.97. The summed E-state index contributed by atoms with van der Waals surface area (Å²) >= 11 is 0. The molecule has 2 unspecified atom stereocenters. The molecule has 0 aliphatic heterocycles. The second-order valence-electron chi connectivity index (χ2n) is 3.97. The van der Waals surface area contributed by atoms with Gasteiger partial charge >= 0.3 is 0 Å². The fourth-order valence-corrected chi connectivity index (χ4v) is 1.54. The summed E-state index contributed by atoms with van der Waals surface area (Å²) in [5.74, 6) is 0. The first-order valence-electron chi connectivity index (χ1n) is 5.58. The fraction of sp³-hybridized carbons (Fsp3) is 1.00. The van der Waals surface area contributed by atoms with E-state index < -0.39 is 12.2 Å². The van der Waals surface area contributed by atoms with Gasteiger partial charge in [0.2, 0.25) is 0 Å². The molecule has 4 N–H and O–H groups in total. The highest BCUT2D eigenvalue weighted by Gasteiger charge is 2.18. The average molecular weight is 236 g/mol. The largest absolute Gasteiger partial charge is 0.395 e. The molecule has 0 radical (unpaired) electrons. The standard InChI is InChI=1S/C10H24N2O4/c1-9(15)7-12(8-10(2)16)11(3-5-13)4-6-14/h9-10,13-16H,3-8H2,1-2H3. The monoisotopic (exact) mass is 236 g/mol. The molecule has 0 bridgehead atoms. The number of rotatable bonds is 9. The molecule has 0 rings (SSSR count). The van der Waals surface area contributed by atoms with Crippen LogP contribution >= 0.6 is 0 Å². The molecule has 0 aromatic rings. The molecule has 0 fully saturated rings. The Morgan fingerprint density at radius 3 is 1.44 bits per heavy atom. The number of aliphatic hydroxyl groups is 4. The van der Waals surface area contributed by atoms with Crippen LogP contribution in [0, 0.1) is 0 Å². The molecule has 0 aromatic carbocycles. The summed E-state index contributed by atoms with van der Waals surface area (Å²) in [5.41, 5.74) is 0. The molecule has 16 heavy (non-hydrogen) atoms. The first-order chi connectivity index (χ1) is 7.51. The van der Waals surface area contributed by atoms with Crippen molar-refractivity contribution in [2.24, 2.45) is 0 Å². The van der Waals surface area contributed by atoms with Crippen molar-refractivity contribution >= 4 is 0 Å². The van der Waals surface area contributed by atoms with E-state index in [2.05, 4.69) is 0 Å². The van der Waals surface area contributed by atoms with Gasteiger partial charge in [-0.05, 0) is 13.8 Å². The van der Waals surface area contributed by atoms with E-state index in [9.17, 15) is 10.2 Å². The van der Waals surface area contributed by atoms with Crippen molar-refractivity contribution in [1.82, 2.24) is 10.0 Å². The molecule has 0 aliphatic rings. The highest BCUT2D eigenvalue weighted by Crippen LogP contribution is 2.02. The Morgan fingerprint density at radius 1 is 0.812 bits per heavy atom. The molecule has 0 saturated heterocycles. The molecule has 6 nitrogen and oxygen atoms in total. The van der Waals surface area contributed by atoms with Crippen LogP contribution < -0.4 is 0 Å². The van der Waals surface area contributed by atoms with Gasteiger partial charge in [0, 0.05) is 26.2 Å². The van der Waals surface area contributed by atoms with Crippen LogP contribution in [-0.4, -0.2) is 82.0 Å². The summed E-state index contributed by atoms with van der Waals surface area (Å²) in [6.07, 6.45) is -1.06. The molecule has 2 atom stereocenters. The van der Waals surface area contributed by atoms with Gasteiger partial charge in [-0.1, -0.05) is 0 Å². The van der Waals surface area contributed by atoms with Crippen molar-refractivity contribution < 1.29 is 20.4 Å². The maximum Gasteiger partial charge on any atom is 0.0653 e. The van der Waals surface area contributed by atoms with Gasteiger partial charge in [0.25, 0.3) is 0 Å². The lowest BCUT2D eigenvalue weighted by Crippen LogP contribution is -2.50. The van der Waals surface area contributed by atoms with Gasteiger partial charge in [0.15, 0.2) is 0 Å². The number of hydrazine groups is 1. The Balaban J connectivity index is 4.39. The number of aliphatic hydroxyl groups excluding tert-OH is 4. The highest BCUT2D eigenvalue weighted by atomic mass is 16.3. The van der Waals surface area contributed by atoms with Crippen molar-refractivity contribution in [3.05, 3.63) is 0 Å². The van der Waals surface area contributed by atoms with Gasteiger partial charge in [-0.3, -0.25) is 0 Å². The van der Waals surface area contributed by atoms with Crippen LogP contribution in [0.5, 0.6) is 0 Å². The lowest BCUT2D eigenvalue weighted by atomic mass is 10.3. The van der Waals surface area contributed by atoms with Gasteiger partial charge < -0.3 is 20.4 Å². The minimum Gasteiger partial charge on any atom is -0.395 e. The normalized spacial score (nSPS) is 15.8. The quantitative estimate of drug-likeness (QED) is 0.355. The van der Waals surface area contributed by atoms with E-state index in [-0.39, 0.29) is 13.2 Å². The van der Waals surface area contributed by atoms with Gasteiger partial charge in [-0.15, -0.1) is 0 Å². The average Bonchev–Trinajstić information content (AvgIpc) is 2.15. The van der Waals surface area contributed by atoms with E-state index in [0.29, 0.717) is 26.2 Å². The topological polar surface area (TPSA) is 87.4 Å². The van der Waals surface area contributed by atoms with Gasteiger partial charge in [-0.25, -0.2) is 10.0 Å². The molecular weight excluding hydrogens is 212 g/mol. The van der Waals surface area contributed by atoms with Crippen LogP contribution in [0.1, 0.15) is 13.8 Å². The van der Waals surface area contributed by atoms with Crippen LogP contribution in [0.3, 0.4) is 0 Å². The Hall–Kier alpha value is -0.240. The Bertz CT molecular complexity index is 151. The van der Waals surface area contributed by atoms with E-state index in [4.69, 9.17) is 10.2 Å². The molecule has 6 heteroatoms. The van der Waals surface area contributed by atoms with Gasteiger partial charge in [0.05, 0.1) is 25.4 Å². The van der Waals surface area contributed by atoms with Crippen LogP contribution in [0.2, 0.25) is 0 Å². The van der Waals surface area contributed by atoms with Crippen molar-refractivity contribution in [2.75, 3.05) is 39.4 Å². The van der Waals surface area contributed by atoms with E-state index in [1.807, 2.05) is 0 Å². The maximum absolute atomic E-state index is 9.35.